The lowest BCUT2D eigenvalue weighted by Gasteiger charge is -2.28. The largest absolute Gasteiger partial charge is 0.396 e. The van der Waals surface area contributed by atoms with Gasteiger partial charge in [0.15, 0.2) is 17.0 Å². The van der Waals surface area contributed by atoms with Gasteiger partial charge < -0.3 is 14.6 Å². The molecule has 2 aromatic heterocycles. The van der Waals surface area contributed by atoms with Crippen LogP contribution in [0.5, 0.6) is 0 Å². The molecule has 0 amide bonds. The fourth-order valence-corrected chi connectivity index (χ4v) is 4.64. The lowest BCUT2D eigenvalue weighted by atomic mass is 9.93. The molecule has 6 heteroatoms. The topological polar surface area (TPSA) is 67.1 Å². The van der Waals surface area contributed by atoms with Crippen molar-refractivity contribution in [3.8, 4) is 0 Å². The third-order valence-electron chi connectivity index (χ3n) is 6.24. The Kier molecular flexibility index (Phi) is 5.09. The number of hydrogen-bond acceptors (Lipinski definition) is 5. The lowest BCUT2D eigenvalue weighted by Crippen LogP contribution is -2.30. The average molecular weight is 402 g/mol. The molecule has 3 heterocycles. The number of aliphatic hydroxyl groups is 1. The van der Waals surface area contributed by atoms with Gasteiger partial charge in [0.25, 0.3) is 0 Å². The van der Waals surface area contributed by atoms with Crippen LogP contribution in [0.2, 0.25) is 0 Å². The summed E-state index contributed by atoms with van der Waals surface area (Å²) in [5.74, 6) is 0.935. The van der Waals surface area contributed by atoms with E-state index in [0.717, 1.165) is 35.6 Å². The van der Waals surface area contributed by atoms with Gasteiger partial charge in [0.05, 0.1) is 12.4 Å². The molecule has 0 spiro atoms. The molecule has 1 aliphatic heterocycles. The highest BCUT2D eigenvalue weighted by Crippen LogP contribution is 2.33. The highest BCUT2D eigenvalue weighted by molar-refractivity contribution is 5.85. The molecule has 5 rings (SSSR count). The molecule has 6 nitrogen and oxygen atoms in total. The third kappa shape index (κ3) is 3.31. The third-order valence-corrected chi connectivity index (χ3v) is 6.24. The quantitative estimate of drug-likeness (QED) is 0.543. The number of aliphatic hydroxyl groups excluding tert-OH is 1. The Hall–Kier alpha value is -2.99. The standard InChI is InChI=1S/C24H27N5O/c1-17(14-30)22(20-10-9-18-7-3-4-8-19(18)13-20)29-16-27-21-23(25-15-26-24(21)29)28-11-5-2-6-12-28/h3-4,7-10,13,15-17,22,30H,2,5-6,11-12,14H2,1H3/t17-,22-/m1/s1. The highest BCUT2D eigenvalue weighted by atomic mass is 16.3. The molecule has 0 unspecified atom stereocenters. The smallest absolute Gasteiger partial charge is 0.166 e. The molecule has 1 aliphatic rings. The van der Waals surface area contributed by atoms with Gasteiger partial charge in [-0.1, -0.05) is 43.3 Å². The number of fused-ring (bicyclic) bond motifs is 2. The van der Waals surface area contributed by atoms with E-state index in [1.54, 1.807) is 6.33 Å². The fraction of sp³-hybridized carbons (Fsp3) is 0.375. The predicted octanol–water partition coefficient (Wildman–Crippen LogP) is 4.19. The summed E-state index contributed by atoms with van der Waals surface area (Å²) in [7, 11) is 0. The molecular weight excluding hydrogens is 374 g/mol. The van der Waals surface area contributed by atoms with E-state index < -0.39 is 0 Å². The van der Waals surface area contributed by atoms with Gasteiger partial charge in [-0.2, -0.15) is 0 Å². The number of rotatable bonds is 5. The summed E-state index contributed by atoms with van der Waals surface area (Å²) < 4.78 is 2.11. The summed E-state index contributed by atoms with van der Waals surface area (Å²) in [6.45, 7) is 4.18. The van der Waals surface area contributed by atoms with Crippen LogP contribution in [0.4, 0.5) is 5.82 Å². The first-order valence-electron chi connectivity index (χ1n) is 10.8. The number of benzene rings is 2. The van der Waals surface area contributed by atoms with Gasteiger partial charge in [-0.15, -0.1) is 0 Å². The Morgan fingerprint density at radius 3 is 2.57 bits per heavy atom. The van der Waals surface area contributed by atoms with Crippen molar-refractivity contribution in [2.75, 3.05) is 24.6 Å². The maximum Gasteiger partial charge on any atom is 0.166 e. The van der Waals surface area contributed by atoms with E-state index in [4.69, 9.17) is 4.98 Å². The monoisotopic (exact) mass is 401 g/mol. The Balaban J connectivity index is 1.62. The molecule has 154 valence electrons. The summed E-state index contributed by atoms with van der Waals surface area (Å²) in [6, 6.07) is 14.8. The van der Waals surface area contributed by atoms with Crippen LogP contribution in [-0.4, -0.2) is 44.3 Å². The Morgan fingerprint density at radius 1 is 0.967 bits per heavy atom. The Morgan fingerprint density at radius 2 is 1.77 bits per heavy atom. The lowest BCUT2D eigenvalue weighted by molar-refractivity contribution is 0.206. The minimum Gasteiger partial charge on any atom is -0.396 e. The SMILES string of the molecule is C[C@H](CO)[C@H](c1ccc2ccccc2c1)n1cnc2c(N3CCCCC3)ncnc21. The Bertz CT molecular complexity index is 1160. The zero-order chi connectivity index (χ0) is 20.5. The van der Waals surface area contributed by atoms with Crippen LogP contribution in [0.1, 0.15) is 37.8 Å². The molecule has 2 atom stereocenters. The van der Waals surface area contributed by atoms with Crippen molar-refractivity contribution in [2.24, 2.45) is 5.92 Å². The number of piperidine rings is 1. The molecular formula is C24H27N5O. The second-order valence-corrected chi connectivity index (χ2v) is 8.28. The van der Waals surface area contributed by atoms with Crippen molar-refractivity contribution in [1.82, 2.24) is 19.5 Å². The summed E-state index contributed by atoms with van der Waals surface area (Å²) in [4.78, 5) is 16.2. The zero-order valence-corrected chi connectivity index (χ0v) is 17.3. The molecule has 0 bridgehead atoms. The van der Waals surface area contributed by atoms with E-state index in [9.17, 15) is 5.11 Å². The van der Waals surface area contributed by atoms with Crippen LogP contribution < -0.4 is 4.90 Å². The first-order chi connectivity index (χ1) is 14.8. The zero-order valence-electron chi connectivity index (χ0n) is 17.3. The maximum absolute atomic E-state index is 10.0. The fourth-order valence-electron chi connectivity index (χ4n) is 4.64. The molecule has 4 aromatic rings. The van der Waals surface area contributed by atoms with Crippen LogP contribution in [0.25, 0.3) is 21.9 Å². The van der Waals surface area contributed by atoms with Gasteiger partial charge in [-0.05, 0) is 41.7 Å². The van der Waals surface area contributed by atoms with Crippen LogP contribution >= 0.6 is 0 Å². The summed E-state index contributed by atoms with van der Waals surface area (Å²) in [5.41, 5.74) is 2.81. The molecule has 1 fully saturated rings. The molecule has 2 aromatic carbocycles. The van der Waals surface area contributed by atoms with Crippen molar-refractivity contribution in [3.05, 3.63) is 60.7 Å². The van der Waals surface area contributed by atoms with E-state index >= 15 is 0 Å². The summed E-state index contributed by atoms with van der Waals surface area (Å²) >= 11 is 0. The van der Waals surface area contributed by atoms with Gasteiger partial charge in [-0.3, -0.25) is 0 Å². The minimum absolute atomic E-state index is 0.0111. The Labute approximate surface area is 176 Å². The normalized spacial score (nSPS) is 16.8. The van der Waals surface area contributed by atoms with Gasteiger partial charge in [0.2, 0.25) is 0 Å². The molecule has 0 saturated carbocycles. The summed E-state index contributed by atoms with van der Waals surface area (Å²) in [5, 5.41) is 12.4. The summed E-state index contributed by atoms with van der Waals surface area (Å²) in [6.07, 6.45) is 7.16. The van der Waals surface area contributed by atoms with Crippen LogP contribution in [0.15, 0.2) is 55.1 Å². The van der Waals surface area contributed by atoms with E-state index in [2.05, 4.69) is 68.8 Å². The van der Waals surface area contributed by atoms with E-state index in [-0.39, 0.29) is 18.6 Å². The van der Waals surface area contributed by atoms with E-state index in [0.29, 0.717) is 0 Å². The number of hydrogen-bond donors (Lipinski definition) is 1. The van der Waals surface area contributed by atoms with Gasteiger partial charge >= 0.3 is 0 Å². The van der Waals surface area contributed by atoms with Crippen molar-refractivity contribution in [3.63, 3.8) is 0 Å². The highest BCUT2D eigenvalue weighted by Gasteiger charge is 2.25. The van der Waals surface area contributed by atoms with Crippen molar-refractivity contribution in [2.45, 2.75) is 32.2 Å². The molecule has 1 N–H and O–H groups in total. The number of imidazole rings is 1. The van der Waals surface area contributed by atoms with Crippen LogP contribution in [0.3, 0.4) is 0 Å². The molecule has 1 saturated heterocycles. The molecule has 0 aliphatic carbocycles. The first-order valence-corrected chi connectivity index (χ1v) is 10.8. The van der Waals surface area contributed by atoms with Crippen LogP contribution in [0, 0.1) is 5.92 Å². The van der Waals surface area contributed by atoms with Crippen LogP contribution in [-0.2, 0) is 0 Å². The second-order valence-electron chi connectivity index (χ2n) is 8.28. The first kappa shape index (κ1) is 19.0. The predicted molar refractivity (Wildman–Crippen MR) is 120 cm³/mol. The van der Waals surface area contributed by atoms with Crippen molar-refractivity contribution < 1.29 is 5.11 Å². The van der Waals surface area contributed by atoms with Gasteiger partial charge in [0, 0.05) is 25.6 Å². The van der Waals surface area contributed by atoms with Crippen molar-refractivity contribution in [1.29, 1.82) is 0 Å². The van der Waals surface area contributed by atoms with E-state index in [1.807, 2.05) is 6.33 Å². The second kappa shape index (κ2) is 8.03. The number of nitrogens with zero attached hydrogens (tertiary/aromatic N) is 5. The van der Waals surface area contributed by atoms with Gasteiger partial charge in [-0.25, -0.2) is 15.0 Å². The molecule has 0 radical (unpaired) electrons. The number of anilines is 1. The van der Waals surface area contributed by atoms with E-state index in [1.165, 1.54) is 30.0 Å². The van der Waals surface area contributed by atoms with Crippen molar-refractivity contribution >= 4 is 27.8 Å². The molecule has 30 heavy (non-hydrogen) atoms. The number of aromatic nitrogens is 4. The average Bonchev–Trinajstić information content (AvgIpc) is 3.23. The van der Waals surface area contributed by atoms with Gasteiger partial charge in [0.1, 0.15) is 6.33 Å². The maximum atomic E-state index is 10.0. The minimum atomic E-state index is -0.0614.